The highest BCUT2D eigenvalue weighted by atomic mass is 19.5. The number of ether oxygens (including phenoxy) is 1. The lowest BCUT2D eigenvalue weighted by Crippen LogP contribution is -2.79. The van der Waals surface area contributed by atoms with Gasteiger partial charge in [-0.25, -0.2) is 4.39 Å². The first kappa shape index (κ1) is 148. The van der Waals surface area contributed by atoms with Gasteiger partial charge in [-0.3, -0.25) is 0 Å². The van der Waals surface area contributed by atoms with Crippen molar-refractivity contribution in [2.24, 2.45) is 29.6 Å². The summed E-state index contributed by atoms with van der Waals surface area (Å²) in [5, 5.41) is 119. The molecule has 1 aliphatic heterocycles. The first-order valence-corrected chi connectivity index (χ1v) is 37.1. The normalized spacial score (nSPS) is 22.0. The van der Waals surface area contributed by atoms with E-state index in [1.54, 1.807) is 0 Å². The lowest BCUT2D eigenvalue weighted by molar-refractivity contribution is -0.457. The van der Waals surface area contributed by atoms with E-state index in [1.807, 2.05) is 0 Å². The standard InChI is InChI=1S/C17H18F18O3.C16H12F20O2.C13H10F18O3.C9H11F9O3.C9H12F6O3/c1-7(4-9(36,12(18,19)20)13(21,22)23)2-3-8(5-10(37,14(24,25)26)15(27,28)29)6-11(38,16(30,31)32)17(33,34)35;17-9(13(25,26)27,14(28,29)30)7(37,10(18,19)15(31,32)33)5-2-1-3-6(4-5)8(38,12(22,23)24)11(20,21)16(34,35)36;14-8(15,16)5(32,9(17,18)19)1-4(2-6(33,10(20,21)22)11(23,24)25)3-7(34,12(26,27)28)13(29,30)31;1-5(20,8(13,14)15)3-6(21,9(16,17)18)2-4(19)7(10,11)12;1-5(2)3-6(16,8(10,11)12)4-7(17,18-5)9(13,14)15/h7-8,36-38H,2-6H2,1H3;5-6,37-38H,1-4H2;4,32-34H,1-3H2;4,19-21H,2-3H2,1H3;16-17H,3-4H2,1-2H3. The van der Waals surface area contributed by atoms with E-state index in [0.29, 0.717) is 6.92 Å². The Labute approximate surface area is 775 Å². The molecule has 900 valence electrons. The Hall–Kier alpha value is -5.53. The van der Waals surface area contributed by atoms with E-state index < -0.39 is 365 Å². The molecule has 2 aliphatic rings. The van der Waals surface area contributed by atoms with Crippen molar-refractivity contribution < 1.29 is 383 Å². The number of rotatable bonds is 24. The zero-order valence-electron chi connectivity index (χ0n) is 70.8. The first-order valence-electron chi connectivity index (χ1n) is 37.1. The quantitative estimate of drug-likeness (QED) is 0.0401. The maximum atomic E-state index is 14.7. The fourth-order valence-electron chi connectivity index (χ4n) is 13.9. The zero-order chi connectivity index (χ0) is 122. The molecule has 1 saturated carbocycles. The molecule has 0 bridgehead atoms. The highest BCUT2D eigenvalue weighted by Gasteiger charge is 2.94. The molecule has 14 nitrogen and oxygen atoms in total. The van der Waals surface area contributed by atoms with Crippen LogP contribution in [0.1, 0.15) is 130 Å². The molecule has 0 aromatic carbocycles. The number of alkyl halides is 71. The van der Waals surface area contributed by atoms with Gasteiger partial charge in [-0.2, -0.15) is 307 Å². The van der Waals surface area contributed by atoms with Crippen LogP contribution in [-0.4, -0.2) is 299 Å². The second-order valence-corrected chi connectivity index (χ2v) is 33.9. The largest absolute Gasteiger partial charge is 0.456 e. The van der Waals surface area contributed by atoms with Gasteiger partial charge in [0, 0.05) is 31.6 Å². The van der Waals surface area contributed by atoms with Crippen molar-refractivity contribution in [1.29, 1.82) is 0 Å². The molecule has 1 aliphatic carbocycles. The molecule has 0 aromatic heterocycles. The van der Waals surface area contributed by atoms with Crippen LogP contribution in [0.2, 0.25) is 0 Å². The minimum absolute atomic E-state index is 0.135. The van der Waals surface area contributed by atoms with Gasteiger partial charge in [0.15, 0.2) is 28.5 Å². The summed E-state index contributed by atoms with van der Waals surface area (Å²) in [5.41, 5.74) is -73.0. The fourth-order valence-corrected chi connectivity index (χ4v) is 13.9. The average molecular weight is 2410 g/mol. The van der Waals surface area contributed by atoms with Crippen molar-refractivity contribution in [2.75, 3.05) is 0 Å². The van der Waals surface area contributed by atoms with Crippen LogP contribution in [0.5, 0.6) is 0 Å². The first-order chi connectivity index (χ1) is 63.1. The van der Waals surface area contributed by atoms with Gasteiger partial charge in [0.05, 0.1) is 5.60 Å². The van der Waals surface area contributed by atoms with E-state index in [-0.39, 0.29) is 6.92 Å². The van der Waals surface area contributed by atoms with Crippen molar-refractivity contribution in [1.82, 2.24) is 0 Å². The summed E-state index contributed by atoms with van der Waals surface area (Å²) < 4.78 is 920. The molecule has 85 heteroatoms. The van der Waals surface area contributed by atoms with Crippen LogP contribution < -0.4 is 0 Å². The number of hydrogen-bond acceptors (Lipinski definition) is 14. The van der Waals surface area contributed by atoms with Gasteiger partial charge in [-0.15, -0.1) is 0 Å². The maximum absolute atomic E-state index is 14.7. The number of aliphatic hydroxyl groups is 13. The van der Waals surface area contributed by atoms with Crippen molar-refractivity contribution in [2.45, 2.75) is 363 Å². The van der Waals surface area contributed by atoms with Gasteiger partial charge < -0.3 is 71.1 Å². The predicted octanol–water partition coefficient (Wildman–Crippen LogP) is 23.6. The molecule has 149 heavy (non-hydrogen) atoms. The number of aliphatic hydroxyl groups excluding tert-OH is 1. The predicted molar refractivity (Wildman–Crippen MR) is 330 cm³/mol. The molecular weight excluding hydrogens is 2340 g/mol. The van der Waals surface area contributed by atoms with Crippen molar-refractivity contribution in [3.63, 3.8) is 0 Å². The maximum Gasteiger partial charge on any atom is 0.456 e. The molecule has 1 heterocycles. The van der Waals surface area contributed by atoms with Gasteiger partial charge in [0.2, 0.25) is 5.60 Å². The van der Waals surface area contributed by atoms with Gasteiger partial charge >= 0.3 is 153 Å². The van der Waals surface area contributed by atoms with E-state index in [4.69, 9.17) is 35.7 Å². The molecule has 0 amide bonds. The van der Waals surface area contributed by atoms with Crippen LogP contribution in [0.3, 0.4) is 0 Å². The Kier molecular flexibility index (Phi) is 42.6. The minimum atomic E-state index is -8.05. The molecule has 2 rings (SSSR count). The number of halogens is 71. The highest BCUT2D eigenvalue weighted by molar-refractivity contribution is 5.22. The van der Waals surface area contributed by atoms with E-state index in [2.05, 4.69) is 4.74 Å². The summed E-state index contributed by atoms with van der Waals surface area (Å²) >= 11 is 0. The Balaban J connectivity index is -0.00000183. The third-order valence-corrected chi connectivity index (χ3v) is 21.9. The van der Waals surface area contributed by atoms with Gasteiger partial charge in [-0.05, 0) is 109 Å². The summed E-state index contributed by atoms with van der Waals surface area (Å²) in [6, 6.07) is 0. The van der Waals surface area contributed by atoms with E-state index in [1.165, 1.54) is 0 Å². The average Bonchev–Trinajstić information content (AvgIpc) is 0.678. The monoisotopic (exact) mass is 2400 g/mol. The molecule has 0 radical (unpaired) electrons. The fraction of sp³-hybridized carbons (Fsp3) is 1.00. The van der Waals surface area contributed by atoms with E-state index in [9.17, 15) is 342 Å². The molecule has 10 atom stereocenters. The molecule has 0 aromatic rings. The molecular formula is C64H63F71O14. The van der Waals surface area contributed by atoms with E-state index in [0.717, 1.165) is 13.8 Å². The van der Waals surface area contributed by atoms with Crippen LogP contribution in [-0.2, 0) is 4.74 Å². The summed E-state index contributed by atoms with van der Waals surface area (Å²) in [5.74, 6) is -37.7. The van der Waals surface area contributed by atoms with Gasteiger partial charge in [-0.1, -0.05) is 19.8 Å². The highest BCUT2D eigenvalue weighted by Crippen LogP contribution is 2.68. The summed E-state index contributed by atoms with van der Waals surface area (Å²) in [6.45, 7) is 2.10. The van der Waals surface area contributed by atoms with Crippen molar-refractivity contribution >= 4 is 0 Å². The Morgan fingerprint density at radius 1 is 0.275 bits per heavy atom. The summed E-state index contributed by atoms with van der Waals surface area (Å²) in [6.07, 6.45) is -193. The van der Waals surface area contributed by atoms with Gasteiger partial charge in [0.1, 0.15) is 0 Å². The van der Waals surface area contributed by atoms with Crippen LogP contribution in [0, 0.1) is 29.6 Å². The minimum Gasteiger partial charge on any atom is -0.384 e. The molecule has 2 fully saturated rings. The SMILES string of the molecule is CC(CCC(CC(O)(C(F)(F)F)C(F)(F)F)CC(O)(C(F)(F)F)C(F)(F)F)CC(O)(C(F)(F)F)C(F)(F)F.CC(O)(CC(O)(CC(O)C(F)(F)F)C(F)(F)F)C(F)(F)F.CC1(C)CC(O)(C(F)(F)F)CC(O)(C(F)(F)F)O1.OC(C1CCCC(C(O)(C(F)(F)C(F)(F)F)C(F)(C(F)(F)F)C(F)(F)F)C1)(C(F)(F)F)C(F)(F)C(F)(F)F.OC(CC(CC(O)(C(F)(F)F)C(F)(F)F)CC(O)(C(F)(F)F)C(F)(F)F)(C(F)(F)F)C(F)(F)F. The molecule has 1 saturated heterocycles. The smallest absolute Gasteiger partial charge is 0.384 e. The molecule has 0 spiro atoms. The third kappa shape index (κ3) is 30.7. The Morgan fingerprint density at radius 3 is 0.725 bits per heavy atom. The third-order valence-electron chi connectivity index (χ3n) is 21.9. The lowest BCUT2D eigenvalue weighted by atomic mass is 9.60. The van der Waals surface area contributed by atoms with Crippen LogP contribution in [0.25, 0.3) is 0 Å². The van der Waals surface area contributed by atoms with Crippen molar-refractivity contribution in [3.05, 3.63) is 0 Å². The van der Waals surface area contributed by atoms with Crippen molar-refractivity contribution in [3.8, 4) is 0 Å². The van der Waals surface area contributed by atoms with E-state index >= 15 is 0 Å². The number of hydrogen-bond donors (Lipinski definition) is 13. The zero-order valence-corrected chi connectivity index (χ0v) is 70.8. The molecule has 10 unspecified atom stereocenters. The Bertz CT molecular complexity index is 3930. The summed E-state index contributed by atoms with van der Waals surface area (Å²) in [4.78, 5) is 0. The van der Waals surface area contributed by atoms with Gasteiger partial charge in [0.25, 0.3) is 39.4 Å². The Morgan fingerprint density at radius 2 is 0.517 bits per heavy atom. The van der Waals surface area contributed by atoms with Crippen LogP contribution in [0.15, 0.2) is 0 Å². The molecule has 13 N–H and O–H groups in total. The van der Waals surface area contributed by atoms with Crippen LogP contribution in [0.4, 0.5) is 312 Å². The lowest BCUT2D eigenvalue weighted by Gasteiger charge is -2.53. The topological polar surface area (TPSA) is 272 Å². The summed E-state index contributed by atoms with van der Waals surface area (Å²) in [7, 11) is 0. The van der Waals surface area contributed by atoms with Crippen LogP contribution >= 0.6 is 0 Å². The second-order valence-electron chi connectivity index (χ2n) is 33.9. The second kappa shape index (κ2) is 43.0.